The minimum atomic E-state index is -0.653. The molecule has 1 atom stereocenters. The molecule has 1 aliphatic heterocycles. The number of rotatable bonds is 6. The number of hydrogen-bond donors (Lipinski definition) is 2. The van der Waals surface area contributed by atoms with Crippen molar-refractivity contribution < 1.29 is 9.18 Å². The average molecular weight is 421 g/mol. The Balaban J connectivity index is 1.74. The molecule has 3 aromatic rings. The predicted molar refractivity (Wildman–Crippen MR) is 118 cm³/mol. The van der Waals surface area contributed by atoms with Crippen LogP contribution < -0.4 is 20.9 Å². The number of primary amides is 1. The van der Waals surface area contributed by atoms with Crippen LogP contribution in [0.2, 0.25) is 0 Å². The second-order valence-electron chi connectivity index (χ2n) is 7.73. The van der Waals surface area contributed by atoms with Gasteiger partial charge in [0, 0.05) is 32.2 Å². The van der Waals surface area contributed by atoms with E-state index < -0.39 is 11.7 Å². The number of anilines is 4. The fraction of sp³-hybridized carbons (Fsp3) is 0.273. The molecule has 4 rings (SSSR count). The Labute approximate surface area is 179 Å². The average Bonchev–Trinajstić information content (AvgIpc) is 3.07. The molecule has 1 aromatic heterocycles. The van der Waals surface area contributed by atoms with Gasteiger partial charge < -0.3 is 20.9 Å². The molecule has 3 N–H and O–H groups in total. The molecule has 0 radical (unpaired) electrons. The molecule has 1 aliphatic rings. The van der Waals surface area contributed by atoms with Crippen LogP contribution in [-0.4, -0.2) is 41.0 Å². The molecule has 1 unspecified atom stereocenters. The van der Waals surface area contributed by atoms with E-state index in [4.69, 9.17) is 5.73 Å². The van der Waals surface area contributed by atoms with Crippen LogP contribution >= 0.6 is 0 Å². The first-order valence-corrected chi connectivity index (χ1v) is 9.96. The summed E-state index contributed by atoms with van der Waals surface area (Å²) in [5, 5.41) is 3.24. The van der Waals surface area contributed by atoms with E-state index in [1.807, 2.05) is 56.3 Å². The Kier molecular flexibility index (Phi) is 5.41. The normalized spacial score (nSPS) is 15.0. The third kappa shape index (κ3) is 4.11. The number of nitrogens with zero attached hydrogens (tertiary/aromatic N) is 5. The summed E-state index contributed by atoms with van der Waals surface area (Å²) < 4.78 is 14.3. The monoisotopic (exact) mass is 421 g/mol. The van der Waals surface area contributed by atoms with Crippen molar-refractivity contribution in [3.05, 3.63) is 65.0 Å². The molecular formula is C22H24FN7O. The van der Waals surface area contributed by atoms with Gasteiger partial charge in [-0.3, -0.25) is 4.79 Å². The van der Waals surface area contributed by atoms with Gasteiger partial charge in [-0.1, -0.05) is 30.3 Å². The third-order valence-corrected chi connectivity index (χ3v) is 5.18. The van der Waals surface area contributed by atoms with Crippen LogP contribution in [0.4, 0.5) is 27.9 Å². The topological polar surface area (TPSA) is 100 Å². The van der Waals surface area contributed by atoms with Crippen molar-refractivity contribution in [2.45, 2.75) is 25.9 Å². The van der Waals surface area contributed by atoms with E-state index in [2.05, 4.69) is 20.3 Å². The lowest BCUT2D eigenvalue weighted by atomic mass is 10.0. The Bertz CT molecular complexity index is 1120. The van der Waals surface area contributed by atoms with E-state index in [-0.39, 0.29) is 11.6 Å². The van der Waals surface area contributed by atoms with Gasteiger partial charge in [0.25, 0.3) is 0 Å². The van der Waals surface area contributed by atoms with Crippen LogP contribution in [0.25, 0.3) is 0 Å². The number of nitrogens with one attached hydrogen (secondary N) is 1. The van der Waals surface area contributed by atoms with Crippen molar-refractivity contribution in [2.24, 2.45) is 5.73 Å². The molecule has 8 nitrogen and oxygen atoms in total. The fourth-order valence-corrected chi connectivity index (χ4v) is 3.72. The van der Waals surface area contributed by atoms with Crippen molar-refractivity contribution in [1.29, 1.82) is 0 Å². The van der Waals surface area contributed by atoms with Crippen LogP contribution in [0.5, 0.6) is 0 Å². The molecule has 1 amide bonds. The van der Waals surface area contributed by atoms with E-state index in [9.17, 15) is 9.18 Å². The number of benzene rings is 2. The minimum absolute atomic E-state index is 0.0886. The molecule has 0 saturated carbocycles. The third-order valence-electron chi connectivity index (χ3n) is 5.18. The van der Waals surface area contributed by atoms with Crippen LogP contribution in [0, 0.1) is 5.82 Å². The molecular weight excluding hydrogens is 397 g/mol. The highest BCUT2D eigenvalue weighted by atomic mass is 19.1. The molecule has 0 spiro atoms. The zero-order valence-electron chi connectivity index (χ0n) is 17.6. The molecule has 9 heteroatoms. The Morgan fingerprint density at radius 3 is 2.65 bits per heavy atom. The molecule has 2 aromatic carbocycles. The van der Waals surface area contributed by atoms with Gasteiger partial charge in [0.1, 0.15) is 5.82 Å². The minimum Gasteiger partial charge on any atom is -0.366 e. The van der Waals surface area contributed by atoms with Gasteiger partial charge in [0.15, 0.2) is 0 Å². The Morgan fingerprint density at radius 1 is 1.23 bits per heavy atom. The first-order valence-electron chi connectivity index (χ1n) is 9.96. The van der Waals surface area contributed by atoms with Gasteiger partial charge in [-0.2, -0.15) is 15.0 Å². The number of fused-ring (bicyclic) bond motifs is 1. The number of nitrogens with two attached hydrogens (primary N) is 1. The SMILES string of the molecule is CC1Cc2c(C(N)=O)cc(F)cc2N1c1nc(NCc2ccccc2)nc(N(C)C)n1. The van der Waals surface area contributed by atoms with E-state index in [1.54, 1.807) is 4.90 Å². The predicted octanol–water partition coefficient (Wildman–Crippen LogP) is 2.87. The number of halogens is 1. The van der Waals surface area contributed by atoms with E-state index in [0.29, 0.717) is 42.1 Å². The van der Waals surface area contributed by atoms with E-state index in [1.165, 1.54) is 12.1 Å². The lowest BCUT2D eigenvalue weighted by molar-refractivity contribution is 0.0999. The van der Waals surface area contributed by atoms with Gasteiger partial charge in [-0.25, -0.2) is 4.39 Å². The number of amides is 1. The summed E-state index contributed by atoms with van der Waals surface area (Å²) in [4.78, 5) is 29.1. The lowest BCUT2D eigenvalue weighted by Gasteiger charge is -2.24. The standard InChI is InChI=1S/C22H24FN7O/c1-13-9-16-17(19(24)31)10-15(23)11-18(16)30(13)22-27-20(26-21(28-22)29(2)3)25-12-14-7-5-4-6-8-14/h4-8,10-11,13H,9,12H2,1-3H3,(H2,24,31)(H,25,26,27,28). The second kappa shape index (κ2) is 8.17. The lowest BCUT2D eigenvalue weighted by Crippen LogP contribution is -2.27. The highest BCUT2D eigenvalue weighted by molar-refractivity contribution is 5.97. The summed E-state index contributed by atoms with van der Waals surface area (Å²) in [5.41, 5.74) is 8.01. The van der Waals surface area contributed by atoms with Gasteiger partial charge >= 0.3 is 0 Å². The van der Waals surface area contributed by atoms with Gasteiger partial charge in [0.05, 0.1) is 5.69 Å². The number of aromatic nitrogens is 3. The summed E-state index contributed by atoms with van der Waals surface area (Å²) in [5.74, 6) is 0.0645. The summed E-state index contributed by atoms with van der Waals surface area (Å²) in [6, 6.07) is 12.4. The van der Waals surface area contributed by atoms with Crippen molar-refractivity contribution in [2.75, 3.05) is 29.2 Å². The number of carbonyl (C=O) groups is 1. The van der Waals surface area contributed by atoms with Crippen LogP contribution in [0.15, 0.2) is 42.5 Å². The maximum absolute atomic E-state index is 14.3. The van der Waals surface area contributed by atoms with Gasteiger partial charge in [-0.15, -0.1) is 0 Å². The van der Waals surface area contributed by atoms with Gasteiger partial charge in [-0.05, 0) is 36.6 Å². The zero-order chi connectivity index (χ0) is 22.1. The largest absolute Gasteiger partial charge is 0.366 e. The summed E-state index contributed by atoms with van der Waals surface area (Å²) in [7, 11) is 3.68. The summed E-state index contributed by atoms with van der Waals surface area (Å²) in [6.45, 7) is 2.52. The van der Waals surface area contributed by atoms with E-state index in [0.717, 1.165) is 5.56 Å². The van der Waals surface area contributed by atoms with Crippen LogP contribution in [0.3, 0.4) is 0 Å². The molecule has 160 valence electrons. The molecule has 2 heterocycles. The summed E-state index contributed by atoms with van der Waals surface area (Å²) in [6.07, 6.45) is 0.531. The first kappa shape index (κ1) is 20.5. The number of hydrogen-bond acceptors (Lipinski definition) is 7. The van der Waals surface area contributed by atoms with Crippen molar-refractivity contribution in [3.8, 4) is 0 Å². The molecule has 0 aliphatic carbocycles. The molecule has 31 heavy (non-hydrogen) atoms. The maximum Gasteiger partial charge on any atom is 0.249 e. The Morgan fingerprint density at radius 2 is 1.97 bits per heavy atom. The van der Waals surface area contributed by atoms with Crippen LogP contribution in [-0.2, 0) is 13.0 Å². The molecule has 0 bridgehead atoms. The maximum atomic E-state index is 14.3. The fourth-order valence-electron chi connectivity index (χ4n) is 3.72. The van der Waals surface area contributed by atoms with Crippen molar-refractivity contribution >= 4 is 29.4 Å². The molecule has 0 fully saturated rings. The van der Waals surface area contributed by atoms with Crippen molar-refractivity contribution in [1.82, 2.24) is 15.0 Å². The van der Waals surface area contributed by atoms with Gasteiger partial charge in [0.2, 0.25) is 23.8 Å². The highest BCUT2D eigenvalue weighted by Crippen LogP contribution is 2.39. The Hall–Kier alpha value is -3.75. The molecule has 0 saturated heterocycles. The summed E-state index contributed by atoms with van der Waals surface area (Å²) >= 11 is 0. The van der Waals surface area contributed by atoms with Crippen LogP contribution in [0.1, 0.15) is 28.4 Å². The highest BCUT2D eigenvalue weighted by Gasteiger charge is 2.33. The zero-order valence-corrected chi connectivity index (χ0v) is 17.6. The van der Waals surface area contributed by atoms with Crippen molar-refractivity contribution in [3.63, 3.8) is 0 Å². The first-order chi connectivity index (χ1) is 14.8. The quantitative estimate of drug-likeness (QED) is 0.631. The smallest absolute Gasteiger partial charge is 0.249 e. The second-order valence-corrected chi connectivity index (χ2v) is 7.73. The number of carbonyl (C=O) groups excluding carboxylic acids is 1. The van der Waals surface area contributed by atoms with E-state index >= 15 is 0 Å².